The van der Waals surface area contributed by atoms with Crippen LogP contribution in [0.25, 0.3) is 5.41 Å². The number of aromatic amines is 1. The second-order valence-electron chi connectivity index (χ2n) is 3.74. The highest BCUT2D eigenvalue weighted by Crippen LogP contribution is 2.00. The lowest BCUT2D eigenvalue weighted by atomic mass is 10.3. The molecule has 1 aromatic heterocycles. The zero-order valence-electron chi connectivity index (χ0n) is 10.9. The zero-order chi connectivity index (χ0) is 13.3. The van der Waals surface area contributed by atoms with Gasteiger partial charge in [0.25, 0.3) is 5.82 Å². The number of rotatable bonds is 3. The third-order valence-electron chi connectivity index (χ3n) is 2.56. The minimum absolute atomic E-state index is 1.15. The Balaban J connectivity index is 0.000000437. The molecule has 0 radical (unpaired) electrons. The predicted octanol–water partition coefficient (Wildman–Crippen LogP) is 2.24. The van der Waals surface area contributed by atoms with Gasteiger partial charge in [0.1, 0.15) is 11.4 Å². The van der Waals surface area contributed by atoms with E-state index in [0.29, 0.717) is 0 Å². The first kappa shape index (κ1) is 15.1. The molecular formula is C12H19N5. The first-order valence-corrected chi connectivity index (χ1v) is 5.61. The molecule has 5 heteroatoms. The van der Waals surface area contributed by atoms with Gasteiger partial charge in [-0.2, -0.15) is 5.26 Å². The van der Waals surface area contributed by atoms with E-state index in [1.807, 2.05) is 0 Å². The summed E-state index contributed by atoms with van der Waals surface area (Å²) in [6, 6.07) is 1.28. The van der Waals surface area contributed by atoms with Crippen LogP contribution in [0.2, 0.25) is 0 Å². The molecule has 0 aliphatic carbocycles. The van der Waals surface area contributed by atoms with Gasteiger partial charge < -0.3 is 10.4 Å². The third-order valence-corrected chi connectivity index (χ3v) is 2.56. The van der Waals surface area contributed by atoms with Crippen LogP contribution in [-0.2, 0) is 6.54 Å². The molecule has 1 rings (SSSR count). The van der Waals surface area contributed by atoms with Crippen molar-refractivity contribution in [3.63, 3.8) is 0 Å². The largest absolute Gasteiger partial charge is 0.422 e. The number of H-pyrrole nitrogens is 1. The Bertz CT molecular complexity index is 432. The summed E-state index contributed by atoms with van der Waals surface area (Å²) in [7, 11) is 0. The first-order valence-electron chi connectivity index (χ1n) is 5.61. The van der Waals surface area contributed by atoms with Crippen LogP contribution in [0.5, 0.6) is 0 Å². The van der Waals surface area contributed by atoms with Gasteiger partial charge in [-0.05, 0) is 6.42 Å². The van der Waals surface area contributed by atoms with Crippen molar-refractivity contribution in [2.24, 2.45) is 4.99 Å². The number of nitriles is 1. The van der Waals surface area contributed by atoms with Crippen molar-refractivity contribution in [2.75, 3.05) is 0 Å². The van der Waals surface area contributed by atoms with Crippen LogP contribution in [0.3, 0.4) is 0 Å². The van der Waals surface area contributed by atoms with E-state index in [4.69, 9.17) is 10.7 Å². The maximum absolute atomic E-state index is 7.43. The van der Waals surface area contributed by atoms with E-state index < -0.39 is 0 Å². The summed E-state index contributed by atoms with van der Waals surface area (Å²) in [5, 5.41) is 14.9. The molecule has 0 bridgehead atoms. The molecular weight excluding hydrogens is 214 g/mol. The number of hydrogen-bond donors (Lipinski definition) is 1. The third kappa shape index (κ3) is 5.10. The van der Waals surface area contributed by atoms with Gasteiger partial charge in [-0.1, -0.05) is 13.3 Å². The second-order valence-corrected chi connectivity index (χ2v) is 3.74. The molecule has 1 aromatic rings. The highest BCUT2D eigenvalue weighted by Gasteiger charge is 2.13. The van der Waals surface area contributed by atoms with E-state index in [1.54, 1.807) is 0 Å². The Morgan fingerprint density at radius 1 is 1.41 bits per heavy atom. The van der Waals surface area contributed by atoms with E-state index in [0.717, 1.165) is 6.54 Å². The fourth-order valence-corrected chi connectivity index (χ4v) is 1.56. The molecule has 1 N–H and O–H groups in total. The average molecular weight is 233 g/mol. The Kier molecular flexibility index (Phi) is 7.32. The van der Waals surface area contributed by atoms with Crippen LogP contribution < -0.4 is 4.57 Å². The maximum atomic E-state index is 7.43. The van der Waals surface area contributed by atoms with E-state index in [1.165, 1.54) is 42.3 Å². The second kappa shape index (κ2) is 8.26. The van der Waals surface area contributed by atoms with Crippen molar-refractivity contribution < 1.29 is 4.57 Å². The van der Waals surface area contributed by atoms with Crippen molar-refractivity contribution in [3.8, 4) is 6.19 Å². The van der Waals surface area contributed by atoms with Gasteiger partial charge in [0.2, 0.25) is 0 Å². The Morgan fingerprint density at radius 2 is 2.06 bits per heavy atom. The summed E-state index contributed by atoms with van der Waals surface area (Å²) in [5.74, 6) is 1.28. The number of hydrogen-bond acceptors (Lipinski definition) is 2. The summed E-state index contributed by atoms with van der Waals surface area (Å²) in [5.41, 5.74) is 2.67. The van der Waals surface area contributed by atoms with Crippen molar-refractivity contribution in [1.82, 2.24) is 4.98 Å². The predicted molar refractivity (Wildman–Crippen MR) is 66.5 cm³/mol. The monoisotopic (exact) mass is 233 g/mol. The SMILES string of the molecule is CCCC[n+]1c(C)[nH]c(C)c1C.N#CN=C=[N-]. The summed E-state index contributed by atoms with van der Waals surface area (Å²) in [6.45, 7) is 9.82. The Labute approximate surface area is 102 Å². The highest BCUT2D eigenvalue weighted by molar-refractivity contribution is 5.46. The van der Waals surface area contributed by atoms with Crippen LogP contribution in [0, 0.1) is 32.2 Å². The van der Waals surface area contributed by atoms with Gasteiger partial charge in [0.05, 0.1) is 12.7 Å². The first-order chi connectivity index (χ1) is 8.08. The molecule has 0 saturated carbocycles. The molecule has 17 heavy (non-hydrogen) atoms. The number of imidazole rings is 1. The molecule has 92 valence electrons. The fourth-order valence-electron chi connectivity index (χ4n) is 1.56. The molecule has 0 fully saturated rings. The summed E-state index contributed by atoms with van der Waals surface area (Å²) in [4.78, 5) is 5.93. The van der Waals surface area contributed by atoms with Crippen LogP contribution in [-0.4, -0.2) is 11.0 Å². The smallest absolute Gasteiger partial charge is 0.251 e. The number of aliphatic imine (C=N–C) groups is 1. The van der Waals surface area contributed by atoms with Crippen molar-refractivity contribution in [2.45, 2.75) is 47.1 Å². The molecule has 0 atom stereocenters. The molecule has 0 spiro atoms. The van der Waals surface area contributed by atoms with Gasteiger partial charge >= 0.3 is 0 Å². The number of aryl methyl sites for hydroxylation is 2. The summed E-state index contributed by atoms with van der Waals surface area (Å²) in [6.07, 6.45) is 3.81. The normalized spacial score (nSPS) is 8.65. The maximum Gasteiger partial charge on any atom is 0.251 e. The fraction of sp³-hybridized carbons (Fsp3) is 0.583. The number of nitrogens with zero attached hydrogens (tertiary/aromatic N) is 4. The Hall–Kier alpha value is -1.92. The summed E-state index contributed by atoms with van der Waals surface area (Å²) >= 11 is 0. The van der Waals surface area contributed by atoms with Gasteiger partial charge in [0.15, 0.2) is 0 Å². The molecule has 0 saturated heterocycles. The molecule has 0 aliphatic heterocycles. The van der Waals surface area contributed by atoms with Gasteiger partial charge in [0, 0.05) is 20.8 Å². The van der Waals surface area contributed by atoms with Gasteiger partial charge in [-0.15, -0.1) is 6.01 Å². The van der Waals surface area contributed by atoms with Gasteiger partial charge in [-0.3, -0.25) is 0 Å². The quantitative estimate of drug-likeness (QED) is 0.485. The minimum atomic E-state index is 1.15. The molecule has 5 nitrogen and oxygen atoms in total. The standard InChI is InChI=1S/C10H18N2.C2N3/c1-5-6-7-12-9(3)8(2)11-10(12)4;3-1-5-2-4/h5-7H2,1-4H3;/q;-1/p+1. The average Bonchev–Trinajstić information content (AvgIpc) is 2.53. The number of aromatic nitrogens is 2. The van der Waals surface area contributed by atoms with Crippen molar-refractivity contribution >= 4 is 6.01 Å². The zero-order valence-corrected chi connectivity index (χ0v) is 10.9. The van der Waals surface area contributed by atoms with Crippen molar-refractivity contribution in [3.05, 3.63) is 22.6 Å². The molecule has 1 heterocycles. The number of unbranched alkanes of at least 4 members (excludes halogenated alkanes) is 1. The number of nitrogens with one attached hydrogen (secondary N) is 1. The lowest BCUT2D eigenvalue weighted by molar-refractivity contribution is -0.707. The van der Waals surface area contributed by atoms with Gasteiger partial charge in [-0.25, -0.2) is 9.55 Å². The topological polar surface area (TPSA) is 78.1 Å². The molecule has 0 unspecified atom stereocenters. The molecule has 0 aromatic carbocycles. The van der Waals surface area contributed by atoms with E-state index >= 15 is 0 Å². The van der Waals surface area contributed by atoms with E-state index in [-0.39, 0.29) is 0 Å². The van der Waals surface area contributed by atoms with Crippen molar-refractivity contribution in [1.29, 1.82) is 5.26 Å². The van der Waals surface area contributed by atoms with E-state index in [2.05, 4.69) is 42.2 Å². The Morgan fingerprint density at radius 3 is 2.35 bits per heavy atom. The molecule has 0 amide bonds. The summed E-state index contributed by atoms with van der Waals surface area (Å²) < 4.78 is 2.36. The lowest BCUT2D eigenvalue weighted by Gasteiger charge is -1.98. The van der Waals surface area contributed by atoms with Crippen LogP contribution in [0.15, 0.2) is 4.99 Å². The van der Waals surface area contributed by atoms with Crippen LogP contribution in [0.4, 0.5) is 0 Å². The molecule has 0 aliphatic rings. The minimum Gasteiger partial charge on any atom is -0.422 e. The highest BCUT2D eigenvalue weighted by atomic mass is 15.1. The lowest BCUT2D eigenvalue weighted by Crippen LogP contribution is -2.37. The van der Waals surface area contributed by atoms with Crippen LogP contribution >= 0.6 is 0 Å². The van der Waals surface area contributed by atoms with Crippen LogP contribution in [0.1, 0.15) is 37.0 Å². The van der Waals surface area contributed by atoms with E-state index in [9.17, 15) is 0 Å².